The van der Waals surface area contributed by atoms with Crippen molar-refractivity contribution in [1.29, 1.82) is 0 Å². The summed E-state index contributed by atoms with van der Waals surface area (Å²) in [6, 6.07) is 4.41. The second kappa shape index (κ2) is 4.62. The van der Waals surface area contributed by atoms with Crippen LogP contribution in [-0.4, -0.2) is 11.9 Å². The number of hydrogen-bond acceptors (Lipinski definition) is 2. The van der Waals surface area contributed by atoms with E-state index in [9.17, 15) is 4.79 Å². The molecule has 104 valence electrons. The van der Waals surface area contributed by atoms with Crippen molar-refractivity contribution in [3.05, 3.63) is 34.0 Å². The normalized spacial score (nSPS) is 21.8. The van der Waals surface area contributed by atoms with E-state index in [4.69, 9.17) is 4.42 Å². The number of carbonyl (C=O) groups excluding carboxylic acids is 1. The number of halogens is 1. The highest BCUT2D eigenvalue weighted by Crippen LogP contribution is 2.37. The van der Waals surface area contributed by atoms with E-state index in [1.165, 1.54) is 17.4 Å². The van der Waals surface area contributed by atoms with Crippen LogP contribution >= 0.6 is 15.9 Å². The van der Waals surface area contributed by atoms with Crippen molar-refractivity contribution < 1.29 is 9.21 Å². The number of amides is 1. The molecule has 3 nitrogen and oxygen atoms in total. The van der Waals surface area contributed by atoms with Gasteiger partial charge in [-0.15, -0.1) is 0 Å². The van der Waals surface area contributed by atoms with Gasteiger partial charge < -0.3 is 9.73 Å². The third kappa shape index (κ3) is 1.89. The number of rotatable bonds is 2. The second-order valence-corrected chi connectivity index (χ2v) is 6.76. The highest BCUT2D eigenvalue weighted by Gasteiger charge is 2.31. The standard InChI is InChI=1S/C16H16BrNO2/c17-13-4-5-14-15-10(8-20-14)6-9(7-12(13)15)16(19)18-11-2-1-3-11/h4-5,8-9,11H,1-3,6-7H2,(H,18,19). The minimum Gasteiger partial charge on any atom is -0.464 e. The Morgan fingerprint density at radius 2 is 2.15 bits per heavy atom. The van der Waals surface area contributed by atoms with Crippen molar-refractivity contribution in [2.75, 3.05) is 0 Å². The lowest BCUT2D eigenvalue weighted by Crippen LogP contribution is -2.44. The Morgan fingerprint density at radius 1 is 1.30 bits per heavy atom. The van der Waals surface area contributed by atoms with Gasteiger partial charge in [0.05, 0.1) is 6.26 Å². The van der Waals surface area contributed by atoms with Gasteiger partial charge >= 0.3 is 0 Å². The predicted molar refractivity (Wildman–Crippen MR) is 80.6 cm³/mol. The maximum Gasteiger partial charge on any atom is 0.223 e. The summed E-state index contributed by atoms with van der Waals surface area (Å²) in [5.41, 5.74) is 3.30. The first-order valence-electron chi connectivity index (χ1n) is 7.20. The molecule has 1 fully saturated rings. The van der Waals surface area contributed by atoms with Crippen LogP contribution in [0.2, 0.25) is 0 Å². The summed E-state index contributed by atoms with van der Waals surface area (Å²) in [5.74, 6) is 0.230. The number of furan rings is 1. The van der Waals surface area contributed by atoms with Crippen molar-refractivity contribution in [1.82, 2.24) is 5.32 Å². The number of carbonyl (C=O) groups is 1. The van der Waals surface area contributed by atoms with E-state index in [1.54, 1.807) is 0 Å². The molecular formula is C16H16BrNO2. The fraction of sp³-hybridized carbons (Fsp3) is 0.438. The fourth-order valence-electron chi connectivity index (χ4n) is 3.24. The highest BCUT2D eigenvalue weighted by molar-refractivity contribution is 9.10. The Kier molecular flexibility index (Phi) is 2.88. The molecule has 1 atom stereocenters. The molecule has 0 saturated heterocycles. The first-order chi connectivity index (χ1) is 9.72. The molecule has 0 bridgehead atoms. The summed E-state index contributed by atoms with van der Waals surface area (Å²) in [6.07, 6.45) is 6.90. The molecule has 20 heavy (non-hydrogen) atoms. The van der Waals surface area contributed by atoms with Crippen LogP contribution in [0.15, 0.2) is 27.3 Å². The van der Waals surface area contributed by atoms with Crippen LogP contribution in [0.5, 0.6) is 0 Å². The van der Waals surface area contributed by atoms with E-state index in [-0.39, 0.29) is 11.8 Å². The molecule has 0 aliphatic heterocycles. The van der Waals surface area contributed by atoms with Crippen molar-refractivity contribution in [3.8, 4) is 0 Å². The summed E-state index contributed by atoms with van der Waals surface area (Å²) in [6.45, 7) is 0. The molecular weight excluding hydrogens is 318 g/mol. The Bertz CT molecular complexity index is 687. The molecule has 1 unspecified atom stereocenters. The number of benzene rings is 1. The van der Waals surface area contributed by atoms with Gasteiger partial charge in [-0.25, -0.2) is 0 Å². The Morgan fingerprint density at radius 3 is 2.90 bits per heavy atom. The smallest absolute Gasteiger partial charge is 0.223 e. The van der Waals surface area contributed by atoms with Crippen LogP contribution in [0.25, 0.3) is 11.0 Å². The van der Waals surface area contributed by atoms with E-state index in [2.05, 4.69) is 21.2 Å². The molecule has 1 aromatic heterocycles. The summed E-state index contributed by atoms with van der Waals surface area (Å²) in [5, 5.41) is 4.38. The Labute approximate surface area is 125 Å². The summed E-state index contributed by atoms with van der Waals surface area (Å²) in [4.78, 5) is 12.4. The van der Waals surface area contributed by atoms with E-state index in [0.29, 0.717) is 6.04 Å². The maximum atomic E-state index is 12.4. The minimum absolute atomic E-state index is 0.0302. The van der Waals surface area contributed by atoms with Gasteiger partial charge in [-0.2, -0.15) is 0 Å². The largest absolute Gasteiger partial charge is 0.464 e. The van der Waals surface area contributed by atoms with Gasteiger partial charge in [0.2, 0.25) is 5.91 Å². The average molecular weight is 334 g/mol. The van der Waals surface area contributed by atoms with Crippen LogP contribution in [-0.2, 0) is 17.6 Å². The van der Waals surface area contributed by atoms with E-state index in [1.807, 2.05) is 18.4 Å². The first kappa shape index (κ1) is 12.5. The lowest BCUT2D eigenvalue weighted by atomic mass is 9.83. The van der Waals surface area contributed by atoms with Gasteiger partial charge in [0.15, 0.2) is 0 Å². The zero-order valence-corrected chi connectivity index (χ0v) is 12.7. The van der Waals surface area contributed by atoms with Crippen molar-refractivity contribution in [2.45, 2.75) is 38.1 Å². The molecule has 1 aromatic carbocycles. The monoisotopic (exact) mass is 333 g/mol. The van der Waals surface area contributed by atoms with Crippen LogP contribution in [0.3, 0.4) is 0 Å². The fourth-order valence-corrected chi connectivity index (χ4v) is 3.73. The van der Waals surface area contributed by atoms with Crippen LogP contribution in [0, 0.1) is 5.92 Å². The molecule has 2 aromatic rings. The molecule has 1 heterocycles. The van der Waals surface area contributed by atoms with E-state index < -0.39 is 0 Å². The van der Waals surface area contributed by atoms with Crippen molar-refractivity contribution in [3.63, 3.8) is 0 Å². The van der Waals surface area contributed by atoms with Crippen LogP contribution < -0.4 is 5.32 Å². The molecule has 2 aliphatic rings. The SMILES string of the molecule is O=C(NC1CCC1)C1Cc2coc3ccc(Br)c(c23)C1. The number of nitrogens with one attached hydrogen (secondary N) is 1. The van der Waals surface area contributed by atoms with Gasteiger partial charge in [0, 0.05) is 21.8 Å². The van der Waals surface area contributed by atoms with Gasteiger partial charge in [0.25, 0.3) is 0 Å². The average Bonchev–Trinajstić information content (AvgIpc) is 2.82. The minimum atomic E-state index is 0.0302. The quantitative estimate of drug-likeness (QED) is 0.912. The van der Waals surface area contributed by atoms with Crippen molar-refractivity contribution >= 4 is 32.8 Å². The lowest BCUT2D eigenvalue weighted by Gasteiger charge is -2.30. The molecule has 1 amide bonds. The molecule has 2 aliphatic carbocycles. The third-order valence-corrected chi connectivity index (χ3v) is 5.35. The number of hydrogen-bond donors (Lipinski definition) is 1. The third-order valence-electron chi connectivity index (χ3n) is 4.61. The van der Waals surface area contributed by atoms with Gasteiger partial charge in [-0.05, 0) is 55.4 Å². The van der Waals surface area contributed by atoms with E-state index >= 15 is 0 Å². The Balaban J connectivity index is 1.64. The van der Waals surface area contributed by atoms with Crippen molar-refractivity contribution in [2.24, 2.45) is 5.92 Å². The van der Waals surface area contributed by atoms with Gasteiger partial charge in [0.1, 0.15) is 5.58 Å². The van der Waals surface area contributed by atoms with E-state index in [0.717, 1.165) is 41.3 Å². The van der Waals surface area contributed by atoms with Crippen LogP contribution in [0.4, 0.5) is 0 Å². The zero-order chi connectivity index (χ0) is 13.7. The maximum absolute atomic E-state index is 12.4. The lowest BCUT2D eigenvalue weighted by molar-refractivity contribution is -0.126. The van der Waals surface area contributed by atoms with Gasteiger partial charge in [-0.1, -0.05) is 15.9 Å². The highest BCUT2D eigenvalue weighted by atomic mass is 79.9. The molecule has 4 heteroatoms. The summed E-state index contributed by atoms with van der Waals surface area (Å²) < 4.78 is 6.68. The predicted octanol–water partition coefficient (Wildman–Crippen LogP) is 3.58. The molecule has 1 N–H and O–H groups in total. The Hall–Kier alpha value is -1.29. The topological polar surface area (TPSA) is 42.2 Å². The summed E-state index contributed by atoms with van der Waals surface area (Å²) >= 11 is 3.61. The first-order valence-corrected chi connectivity index (χ1v) is 7.99. The molecule has 0 spiro atoms. The molecule has 1 saturated carbocycles. The van der Waals surface area contributed by atoms with Gasteiger partial charge in [-0.3, -0.25) is 4.79 Å². The zero-order valence-electron chi connectivity index (χ0n) is 11.1. The summed E-state index contributed by atoms with van der Waals surface area (Å²) in [7, 11) is 0. The molecule has 0 radical (unpaired) electrons. The molecule has 4 rings (SSSR count). The van der Waals surface area contributed by atoms with Crippen LogP contribution in [0.1, 0.15) is 30.4 Å². The second-order valence-electron chi connectivity index (χ2n) is 5.90.